The van der Waals surface area contributed by atoms with Crippen molar-refractivity contribution in [1.29, 1.82) is 0 Å². The van der Waals surface area contributed by atoms with Gasteiger partial charge in [0.05, 0.1) is 0 Å². The topological polar surface area (TPSA) is 48.5 Å². The summed E-state index contributed by atoms with van der Waals surface area (Å²) in [6, 6.07) is 21.0. The minimum atomic E-state index is -0.167. The number of carbonyl (C=O) groups excluding carboxylic acids is 1. The third-order valence-corrected chi connectivity index (χ3v) is 4.79. The molecule has 3 rings (SSSR count). The zero-order valence-electron chi connectivity index (χ0n) is 16.7. The van der Waals surface area contributed by atoms with Gasteiger partial charge in [-0.25, -0.2) is 4.79 Å². The van der Waals surface area contributed by atoms with E-state index in [9.17, 15) is 4.79 Å². The minimum absolute atomic E-state index is 0.167. The van der Waals surface area contributed by atoms with Gasteiger partial charge >= 0.3 is 6.03 Å². The molecule has 0 radical (unpaired) electrons. The van der Waals surface area contributed by atoms with Crippen molar-refractivity contribution < 1.29 is 4.79 Å². The first kappa shape index (κ1) is 20.7. The van der Waals surface area contributed by atoms with Crippen LogP contribution in [-0.2, 0) is 13.0 Å². The van der Waals surface area contributed by atoms with Gasteiger partial charge in [-0.15, -0.1) is 0 Å². The van der Waals surface area contributed by atoms with Gasteiger partial charge in [0.2, 0.25) is 0 Å². The van der Waals surface area contributed by atoms with Crippen molar-refractivity contribution in [2.45, 2.75) is 13.0 Å². The van der Waals surface area contributed by atoms with E-state index in [2.05, 4.69) is 39.5 Å². The monoisotopic (exact) mass is 408 g/mol. The summed E-state index contributed by atoms with van der Waals surface area (Å²) >= 11 is 6.04. The lowest BCUT2D eigenvalue weighted by molar-refractivity contribution is 0.209. The van der Waals surface area contributed by atoms with Crippen LogP contribution in [0.2, 0.25) is 5.02 Å². The zero-order valence-corrected chi connectivity index (χ0v) is 17.4. The van der Waals surface area contributed by atoms with Crippen molar-refractivity contribution in [2.75, 3.05) is 30.9 Å². The smallest absolute Gasteiger partial charge is 0.322 e. The quantitative estimate of drug-likeness (QED) is 0.593. The molecule has 1 heterocycles. The molecule has 0 saturated carbocycles. The van der Waals surface area contributed by atoms with E-state index >= 15 is 0 Å². The Morgan fingerprint density at radius 2 is 1.83 bits per heavy atom. The number of urea groups is 1. The molecule has 3 aromatic rings. The Morgan fingerprint density at radius 3 is 2.48 bits per heavy atom. The van der Waals surface area contributed by atoms with Crippen LogP contribution < -0.4 is 10.2 Å². The van der Waals surface area contributed by atoms with Gasteiger partial charge in [-0.2, -0.15) is 0 Å². The second kappa shape index (κ2) is 9.94. The molecule has 5 nitrogen and oxygen atoms in total. The van der Waals surface area contributed by atoms with Crippen molar-refractivity contribution in [2.24, 2.45) is 0 Å². The molecule has 0 saturated heterocycles. The predicted molar refractivity (Wildman–Crippen MR) is 120 cm³/mol. The van der Waals surface area contributed by atoms with Crippen LogP contribution in [0.3, 0.4) is 0 Å². The molecule has 0 aliphatic heterocycles. The first-order valence-corrected chi connectivity index (χ1v) is 9.87. The van der Waals surface area contributed by atoms with Crippen LogP contribution >= 0.6 is 11.6 Å². The van der Waals surface area contributed by atoms with Gasteiger partial charge in [-0.1, -0.05) is 35.9 Å². The van der Waals surface area contributed by atoms with E-state index < -0.39 is 0 Å². The van der Waals surface area contributed by atoms with E-state index in [0.29, 0.717) is 30.2 Å². The molecule has 0 spiro atoms. The Kier molecular flexibility index (Phi) is 7.09. The fourth-order valence-electron chi connectivity index (χ4n) is 2.94. The van der Waals surface area contributed by atoms with Gasteiger partial charge in [0, 0.05) is 61.9 Å². The van der Waals surface area contributed by atoms with Gasteiger partial charge in [0.1, 0.15) is 0 Å². The molecule has 0 unspecified atom stereocenters. The molecule has 0 fully saturated rings. The molecule has 0 atom stereocenters. The molecule has 2 amide bonds. The molecule has 0 aliphatic rings. The fraction of sp³-hybridized carbons (Fsp3) is 0.217. The Hall–Kier alpha value is -3.05. The van der Waals surface area contributed by atoms with Crippen molar-refractivity contribution in [3.63, 3.8) is 0 Å². The van der Waals surface area contributed by atoms with Crippen molar-refractivity contribution in [3.8, 4) is 0 Å². The van der Waals surface area contributed by atoms with Crippen LogP contribution in [0.4, 0.5) is 16.2 Å². The summed E-state index contributed by atoms with van der Waals surface area (Å²) in [7, 11) is 4.01. The molecule has 29 heavy (non-hydrogen) atoms. The number of benzene rings is 2. The van der Waals surface area contributed by atoms with Gasteiger partial charge in [0.15, 0.2) is 0 Å². The van der Waals surface area contributed by atoms with E-state index in [4.69, 9.17) is 11.6 Å². The Balaban J connectivity index is 1.73. The Bertz CT molecular complexity index is 929. The average molecular weight is 409 g/mol. The summed E-state index contributed by atoms with van der Waals surface area (Å²) in [5, 5.41) is 3.53. The van der Waals surface area contributed by atoms with Crippen molar-refractivity contribution >= 4 is 29.0 Å². The number of hydrogen-bond donors (Lipinski definition) is 1. The van der Waals surface area contributed by atoms with Crippen LogP contribution in [0.1, 0.15) is 11.3 Å². The number of carbonyl (C=O) groups is 1. The highest BCUT2D eigenvalue weighted by molar-refractivity contribution is 6.30. The van der Waals surface area contributed by atoms with Crippen LogP contribution in [0, 0.1) is 0 Å². The molecule has 2 aromatic carbocycles. The first-order chi connectivity index (χ1) is 14.0. The number of aromatic nitrogens is 1. The van der Waals surface area contributed by atoms with Crippen LogP contribution in [0.5, 0.6) is 0 Å². The van der Waals surface area contributed by atoms with Crippen molar-refractivity contribution in [1.82, 2.24) is 9.88 Å². The average Bonchev–Trinajstić information content (AvgIpc) is 2.72. The third kappa shape index (κ3) is 6.22. The molecule has 0 bridgehead atoms. The van der Waals surface area contributed by atoms with E-state index in [0.717, 1.165) is 16.9 Å². The van der Waals surface area contributed by atoms with Gasteiger partial charge in [-0.05, 0) is 48.0 Å². The summed E-state index contributed by atoms with van der Waals surface area (Å²) in [4.78, 5) is 21.2. The summed E-state index contributed by atoms with van der Waals surface area (Å²) in [6.07, 6.45) is 2.45. The van der Waals surface area contributed by atoms with Crippen LogP contribution in [0.15, 0.2) is 72.9 Å². The SMILES string of the molecule is CN(C)c1ccc(CN(CCc2ccccn2)C(=O)Nc2cccc(Cl)c2)cc1. The highest BCUT2D eigenvalue weighted by Crippen LogP contribution is 2.17. The molecular formula is C23H25ClN4O. The van der Waals surface area contributed by atoms with E-state index in [1.165, 1.54) is 0 Å². The highest BCUT2D eigenvalue weighted by Gasteiger charge is 2.15. The number of anilines is 2. The standard InChI is InChI=1S/C23H25ClN4O/c1-27(2)22-11-9-18(10-12-22)17-28(15-13-20-7-3-4-14-25-20)23(29)26-21-8-5-6-19(24)16-21/h3-12,14,16H,13,15,17H2,1-2H3,(H,26,29). The van der Waals surface area contributed by atoms with E-state index in [1.54, 1.807) is 23.2 Å². The van der Waals surface area contributed by atoms with Crippen LogP contribution in [-0.4, -0.2) is 36.6 Å². The summed E-state index contributed by atoms with van der Waals surface area (Å²) in [5.41, 5.74) is 3.82. The molecule has 6 heteroatoms. The number of rotatable bonds is 7. The van der Waals surface area contributed by atoms with Gasteiger partial charge < -0.3 is 15.1 Å². The second-order valence-corrected chi connectivity index (χ2v) is 7.43. The molecule has 1 N–H and O–H groups in total. The summed E-state index contributed by atoms with van der Waals surface area (Å²) < 4.78 is 0. The van der Waals surface area contributed by atoms with E-state index in [1.807, 2.05) is 44.4 Å². The first-order valence-electron chi connectivity index (χ1n) is 9.49. The predicted octanol–water partition coefficient (Wildman–Crippen LogP) is 5.08. The van der Waals surface area contributed by atoms with Gasteiger partial charge in [-0.3, -0.25) is 4.98 Å². The maximum atomic E-state index is 13.0. The number of hydrogen-bond acceptors (Lipinski definition) is 3. The lowest BCUT2D eigenvalue weighted by atomic mass is 10.1. The number of nitrogens with zero attached hydrogens (tertiary/aromatic N) is 3. The molecule has 1 aromatic heterocycles. The van der Waals surface area contributed by atoms with E-state index in [-0.39, 0.29) is 6.03 Å². The Morgan fingerprint density at radius 1 is 1.03 bits per heavy atom. The maximum absolute atomic E-state index is 13.0. The highest BCUT2D eigenvalue weighted by atomic mass is 35.5. The number of halogens is 1. The normalized spacial score (nSPS) is 10.4. The summed E-state index contributed by atoms with van der Waals surface area (Å²) in [5.74, 6) is 0. The van der Waals surface area contributed by atoms with Crippen molar-refractivity contribution in [3.05, 3.63) is 89.2 Å². The van der Waals surface area contributed by atoms with Crippen LogP contribution in [0.25, 0.3) is 0 Å². The maximum Gasteiger partial charge on any atom is 0.322 e. The van der Waals surface area contributed by atoms with Gasteiger partial charge in [0.25, 0.3) is 0 Å². The molecule has 0 aliphatic carbocycles. The lowest BCUT2D eigenvalue weighted by Crippen LogP contribution is -2.36. The number of pyridine rings is 1. The third-order valence-electron chi connectivity index (χ3n) is 4.55. The second-order valence-electron chi connectivity index (χ2n) is 6.99. The molecule has 150 valence electrons. The largest absolute Gasteiger partial charge is 0.378 e. The zero-order chi connectivity index (χ0) is 20.6. The Labute approximate surface area is 176 Å². The number of amides is 2. The fourth-order valence-corrected chi connectivity index (χ4v) is 3.13. The number of nitrogens with one attached hydrogen (secondary N) is 1. The molecular weight excluding hydrogens is 384 g/mol. The lowest BCUT2D eigenvalue weighted by Gasteiger charge is -2.24. The minimum Gasteiger partial charge on any atom is -0.378 e. The summed E-state index contributed by atoms with van der Waals surface area (Å²) in [6.45, 7) is 1.06.